The molecule has 0 saturated heterocycles. The average Bonchev–Trinajstić information content (AvgIpc) is 2.90. The molecule has 3 rings (SSSR count). The fraction of sp³-hybridized carbons (Fsp3) is 0.211. The van der Waals surface area contributed by atoms with E-state index in [1.54, 1.807) is 0 Å². The smallest absolute Gasteiger partial charge is 0.397 e. The largest absolute Gasteiger partial charge is 0.398 e. The SMILES string of the molecule is Nc1cc(Nc2nc(Cl)nc(NCCS(=O)(=O)O)n2)c(N=Nc2ccc(S(=O)(=O)CCOS(=O)(=O)O)cc2)cc1SOOO. The maximum Gasteiger partial charge on any atom is 0.397 e. The summed E-state index contributed by atoms with van der Waals surface area (Å²) < 4.78 is 93.9. The van der Waals surface area contributed by atoms with Crippen LogP contribution in [-0.4, -0.2) is 79.2 Å². The van der Waals surface area contributed by atoms with Gasteiger partial charge in [0, 0.05) is 12.2 Å². The van der Waals surface area contributed by atoms with Crippen molar-refractivity contribution in [1.29, 1.82) is 0 Å². The molecule has 240 valence electrons. The third-order valence-electron chi connectivity index (χ3n) is 4.83. The number of hydrogen-bond donors (Lipinski definition) is 6. The molecule has 0 amide bonds. The van der Waals surface area contributed by atoms with E-state index in [4.69, 9.17) is 31.7 Å². The highest BCUT2D eigenvalue weighted by atomic mass is 35.5. The zero-order valence-electron chi connectivity index (χ0n) is 21.6. The first-order valence-corrected chi connectivity index (χ1v) is 17.1. The number of nitrogens with one attached hydrogen (secondary N) is 2. The van der Waals surface area contributed by atoms with Crippen molar-refractivity contribution in [3.63, 3.8) is 0 Å². The first-order valence-electron chi connectivity index (χ1n) is 11.4. The number of rotatable bonds is 16. The van der Waals surface area contributed by atoms with Crippen LogP contribution in [0.3, 0.4) is 0 Å². The van der Waals surface area contributed by atoms with Gasteiger partial charge in [0.15, 0.2) is 9.84 Å². The summed E-state index contributed by atoms with van der Waals surface area (Å²) in [6.07, 6.45) is 0. The standard InChI is InChI=1S/C19H21ClN8O12S4/c20-17-24-18(22-5-7-43(32,33)34)26-19(25-17)23-14-9-13(21)16(41-40-39-29)10-15(14)28-27-11-1-3-12(4-2-11)42(30,31)8-6-38-44(35,36)37/h1-4,9-10,29H,5-8,21H2,(H,32,33,34)(H,35,36,37)(H2,22,23,24,25,26). The molecule has 7 N–H and O–H groups in total. The summed E-state index contributed by atoms with van der Waals surface area (Å²) in [5, 5.41) is 25.4. The van der Waals surface area contributed by atoms with Gasteiger partial charge in [0.2, 0.25) is 17.2 Å². The van der Waals surface area contributed by atoms with Gasteiger partial charge in [-0.15, -0.1) is 9.45 Å². The third kappa shape index (κ3) is 11.7. The van der Waals surface area contributed by atoms with Gasteiger partial charge in [0.05, 0.1) is 51.3 Å². The molecule has 25 heteroatoms. The van der Waals surface area contributed by atoms with Crippen molar-refractivity contribution in [2.45, 2.75) is 9.79 Å². The molecule has 0 atom stereocenters. The van der Waals surface area contributed by atoms with Crippen LogP contribution >= 0.6 is 23.6 Å². The summed E-state index contributed by atoms with van der Waals surface area (Å²) in [4.78, 5) is 11.8. The second-order valence-electron chi connectivity index (χ2n) is 7.99. The van der Waals surface area contributed by atoms with Gasteiger partial charge < -0.3 is 16.4 Å². The van der Waals surface area contributed by atoms with E-state index in [2.05, 4.69) is 49.4 Å². The van der Waals surface area contributed by atoms with E-state index >= 15 is 0 Å². The van der Waals surface area contributed by atoms with Gasteiger partial charge in [-0.1, -0.05) is 5.04 Å². The van der Waals surface area contributed by atoms with Crippen LogP contribution in [0.4, 0.5) is 34.6 Å². The Morgan fingerprint density at radius 2 is 1.64 bits per heavy atom. The normalized spacial score (nSPS) is 12.5. The van der Waals surface area contributed by atoms with Gasteiger partial charge in [0.1, 0.15) is 5.69 Å². The van der Waals surface area contributed by atoms with Crippen LogP contribution in [0.25, 0.3) is 0 Å². The molecule has 44 heavy (non-hydrogen) atoms. The number of azo groups is 1. The minimum Gasteiger partial charge on any atom is -0.398 e. The number of benzene rings is 2. The van der Waals surface area contributed by atoms with Crippen molar-refractivity contribution in [2.24, 2.45) is 10.2 Å². The third-order valence-corrected chi connectivity index (χ3v) is 8.54. The predicted octanol–water partition coefficient (Wildman–Crippen LogP) is 2.59. The molecule has 1 aromatic heterocycles. The maximum atomic E-state index is 12.4. The average molecular weight is 717 g/mol. The second-order valence-corrected chi connectivity index (χ2v) is 13.8. The van der Waals surface area contributed by atoms with E-state index < -0.39 is 48.5 Å². The van der Waals surface area contributed by atoms with E-state index in [9.17, 15) is 25.3 Å². The summed E-state index contributed by atoms with van der Waals surface area (Å²) in [6, 6.07) is 7.72. The van der Waals surface area contributed by atoms with Crippen LogP contribution in [0.5, 0.6) is 0 Å². The van der Waals surface area contributed by atoms with Crippen LogP contribution in [-0.2, 0) is 43.9 Å². The van der Waals surface area contributed by atoms with E-state index in [1.165, 1.54) is 36.4 Å². The van der Waals surface area contributed by atoms with Crippen LogP contribution in [0.1, 0.15) is 0 Å². The van der Waals surface area contributed by atoms with Crippen molar-refractivity contribution in [3.05, 3.63) is 41.7 Å². The Labute approximate surface area is 258 Å². The lowest BCUT2D eigenvalue weighted by Crippen LogP contribution is -2.16. The number of aromatic nitrogens is 3. The topological polar surface area (TPSA) is 304 Å². The Bertz CT molecular complexity index is 1830. The van der Waals surface area contributed by atoms with Crippen molar-refractivity contribution >= 4 is 88.6 Å². The number of anilines is 4. The van der Waals surface area contributed by atoms with Gasteiger partial charge in [-0.2, -0.15) is 36.9 Å². The highest BCUT2D eigenvalue weighted by molar-refractivity contribution is 7.94. The first-order chi connectivity index (χ1) is 20.5. The molecular formula is C19H21ClN8O12S4. The van der Waals surface area contributed by atoms with Gasteiger partial charge in [-0.25, -0.2) is 17.9 Å². The van der Waals surface area contributed by atoms with E-state index in [0.717, 1.165) is 0 Å². The number of nitrogens with two attached hydrogens (primary N) is 1. The van der Waals surface area contributed by atoms with Crippen molar-refractivity contribution in [3.8, 4) is 0 Å². The minimum atomic E-state index is -4.80. The molecule has 2 aromatic carbocycles. The Morgan fingerprint density at radius 3 is 2.27 bits per heavy atom. The summed E-state index contributed by atoms with van der Waals surface area (Å²) in [5.41, 5.74) is 6.56. The van der Waals surface area contributed by atoms with Crippen molar-refractivity contribution < 1.29 is 53.2 Å². The highest BCUT2D eigenvalue weighted by Crippen LogP contribution is 2.38. The summed E-state index contributed by atoms with van der Waals surface area (Å²) in [6.45, 7) is -1.04. The molecule has 0 saturated carbocycles. The molecule has 20 nitrogen and oxygen atoms in total. The number of halogens is 1. The fourth-order valence-corrected chi connectivity index (χ4v) is 5.42. The molecule has 0 radical (unpaired) electrons. The van der Waals surface area contributed by atoms with Gasteiger partial charge in [-0.05, 0) is 48.0 Å². The highest BCUT2D eigenvalue weighted by Gasteiger charge is 2.17. The lowest BCUT2D eigenvalue weighted by Gasteiger charge is -2.12. The lowest BCUT2D eigenvalue weighted by molar-refractivity contribution is -0.432. The van der Waals surface area contributed by atoms with E-state index in [1.807, 2.05) is 0 Å². The van der Waals surface area contributed by atoms with E-state index in [0.29, 0.717) is 12.0 Å². The molecule has 3 aromatic rings. The molecule has 0 aliphatic rings. The Kier molecular flexibility index (Phi) is 12.1. The second kappa shape index (κ2) is 15.1. The van der Waals surface area contributed by atoms with Crippen molar-refractivity contribution in [2.75, 3.05) is 41.0 Å². The Balaban J connectivity index is 1.87. The predicted molar refractivity (Wildman–Crippen MR) is 155 cm³/mol. The van der Waals surface area contributed by atoms with Gasteiger partial charge >= 0.3 is 10.4 Å². The molecule has 0 bridgehead atoms. The molecular weight excluding hydrogens is 696 g/mol. The minimum absolute atomic E-state index is 0.0831. The summed E-state index contributed by atoms with van der Waals surface area (Å²) in [7, 11) is -13.0. The zero-order chi connectivity index (χ0) is 32.5. The fourth-order valence-electron chi connectivity index (χ4n) is 2.99. The van der Waals surface area contributed by atoms with Crippen molar-refractivity contribution in [1.82, 2.24) is 15.0 Å². The molecule has 0 unspecified atom stereocenters. The monoisotopic (exact) mass is 716 g/mol. The molecule has 0 aliphatic carbocycles. The Morgan fingerprint density at radius 1 is 0.955 bits per heavy atom. The van der Waals surface area contributed by atoms with Crippen LogP contribution < -0.4 is 16.4 Å². The van der Waals surface area contributed by atoms with Gasteiger partial charge in [0.25, 0.3) is 10.1 Å². The van der Waals surface area contributed by atoms with Crippen LogP contribution in [0.2, 0.25) is 5.28 Å². The number of nitrogens with zero attached hydrogens (tertiary/aromatic N) is 5. The lowest BCUT2D eigenvalue weighted by atomic mass is 10.2. The van der Waals surface area contributed by atoms with Crippen LogP contribution in [0.15, 0.2) is 56.4 Å². The molecule has 0 fully saturated rings. The first kappa shape index (κ1) is 35.2. The summed E-state index contributed by atoms with van der Waals surface area (Å²) in [5.74, 6) is -1.63. The Hall–Kier alpha value is -3.30. The van der Waals surface area contributed by atoms with Crippen LogP contribution in [0, 0.1) is 0 Å². The number of nitrogen functional groups attached to an aromatic ring is 1. The number of sulfone groups is 1. The van der Waals surface area contributed by atoms with E-state index in [-0.39, 0.29) is 56.3 Å². The molecule has 0 aliphatic heterocycles. The number of hydrogen-bond acceptors (Lipinski definition) is 19. The maximum absolute atomic E-state index is 12.4. The molecule has 1 heterocycles. The quantitative estimate of drug-likeness (QED) is 0.0310. The molecule has 0 spiro atoms. The summed E-state index contributed by atoms with van der Waals surface area (Å²) >= 11 is 6.48. The zero-order valence-corrected chi connectivity index (χ0v) is 25.7. The van der Waals surface area contributed by atoms with Gasteiger partial charge in [-0.3, -0.25) is 9.11 Å².